The normalized spacial score (nSPS) is 12.1. The molecule has 0 heterocycles. The maximum Gasteiger partial charge on any atom is 0.329 e. The number of esters is 1. The molecule has 5 heteroatoms. The second-order valence-electron chi connectivity index (χ2n) is 5.31. The third-order valence-electron chi connectivity index (χ3n) is 2.97. The van der Waals surface area contributed by atoms with Crippen LogP contribution in [0.1, 0.15) is 34.1 Å². The van der Waals surface area contributed by atoms with Crippen LogP contribution < -0.4 is 4.90 Å². The molecule has 0 N–H and O–H groups in total. The van der Waals surface area contributed by atoms with Crippen molar-refractivity contribution in [2.45, 2.75) is 40.2 Å². The third-order valence-corrected chi connectivity index (χ3v) is 2.97. The number of anilines is 1. The van der Waals surface area contributed by atoms with Gasteiger partial charge in [-0.25, -0.2) is 9.18 Å². The van der Waals surface area contributed by atoms with Crippen LogP contribution in [0.15, 0.2) is 24.3 Å². The van der Waals surface area contributed by atoms with Crippen molar-refractivity contribution in [2.24, 2.45) is 5.92 Å². The lowest BCUT2D eigenvalue weighted by atomic mass is 10.1. The molecular formula is C16H22FNO3. The van der Waals surface area contributed by atoms with Gasteiger partial charge in [0.15, 0.2) is 0 Å². The first-order valence-electron chi connectivity index (χ1n) is 7.08. The van der Waals surface area contributed by atoms with Crippen molar-refractivity contribution in [3.63, 3.8) is 0 Å². The van der Waals surface area contributed by atoms with E-state index in [4.69, 9.17) is 4.74 Å². The Morgan fingerprint density at radius 1 is 1.24 bits per heavy atom. The molecule has 0 spiro atoms. The van der Waals surface area contributed by atoms with Gasteiger partial charge in [0, 0.05) is 12.6 Å². The van der Waals surface area contributed by atoms with Gasteiger partial charge < -0.3 is 4.74 Å². The fourth-order valence-electron chi connectivity index (χ4n) is 1.98. The van der Waals surface area contributed by atoms with Crippen molar-refractivity contribution in [1.82, 2.24) is 0 Å². The lowest BCUT2D eigenvalue weighted by Crippen LogP contribution is -2.45. The van der Waals surface area contributed by atoms with Crippen LogP contribution in [0.5, 0.6) is 0 Å². The molecule has 0 aromatic heterocycles. The maximum absolute atomic E-state index is 13.0. The topological polar surface area (TPSA) is 46.6 Å². The summed E-state index contributed by atoms with van der Waals surface area (Å²) in [5, 5.41) is 0. The maximum atomic E-state index is 13.0. The van der Waals surface area contributed by atoms with Gasteiger partial charge in [0.05, 0.1) is 6.61 Å². The van der Waals surface area contributed by atoms with E-state index in [0.29, 0.717) is 18.7 Å². The van der Waals surface area contributed by atoms with Crippen molar-refractivity contribution in [1.29, 1.82) is 0 Å². The molecule has 4 nitrogen and oxygen atoms in total. The molecule has 1 unspecified atom stereocenters. The zero-order valence-electron chi connectivity index (χ0n) is 12.9. The number of carbonyl (C=O) groups is 2. The Balaban J connectivity index is 2.98. The molecule has 0 aliphatic rings. The molecule has 0 saturated heterocycles. The first-order chi connectivity index (χ1) is 9.86. The van der Waals surface area contributed by atoms with E-state index in [0.717, 1.165) is 0 Å². The molecular weight excluding hydrogens is 273 g/mol. The van der Waals surface area contributed by atoms with Crippen LogP contribution >= 0.6 is 0 Å². The summed E-state index contributed by atoms with van der Waals surface area (Å²) in [5.74, 6) is -0.888. The molecule has 21 heavy (non-hydrogen) atoms. The predicted molar refractivity (Wildman–Crippen MR) is 79.4 cm³/mol. The van der Waals surface area contributed by atoms with Crippen LogP contribution in [0.25, 0.3) is 0 Å². The first kappa shape index (κ1) is 17.1. The summed E-state index contributed by atoms with van der Waals surface area (Å²) in [6.07, 6.45) is 0.424. The minimum Gasteiger partial charge on any atom is -0.464 e. The Hall–Kier alpha value is -1.91. The van der Waals surface area contributed by atoms with E-state index in [-0.39, 0.29) is 11.8 Å². The Morgan fingerprint density at radius 2 is 1.81 bits per heavy atom. The Labute approximate surface area is 124 Å². The molecule has 1 amide bonds. The summed E-state index contributed by atoms with van der Waals surface area (Å²) in [7, 11) is 0. The van der Waals surface area contributed by atoms with Crippen molar-refractivity contribution in [2.75, 3.05) is 11.5 Å². The summed E-state index contributed by atoms with van der Waals surface area (Å²) < 4.78 is 18.2. The van der Waals surface area contributed by atoms with Gasteiger partial charge in [-0.1, -0.05) is 20.8 Å². The SMILES string of the molecule is CCC(C(=O)OCC(C)C)N(C(C)=O)c1ccc(F)cc1. The van der Waals surface area contributed by atoms with Crippen molar-refractivity contribution >= 4 is 17.6 Å². The molecule has 1 aromatic rings. The third kappa shape index (κ3) is 4.85. The van der Waals surface area contributed by atoms with Gasteiger partial charge in [-0.15, -0.1) is 0 Å². The summed E-state index contributed by atoms with van der Waals surface area (Å²) >= 11 is 0. The Kier molecular flexibility index (Phi) is 6.34. The second-order valence-corrected chi connectivity index (χ2v) is 5.31. The number of halogens is 1. The minimum absolute atomic E-state index is 0.225. The summed E-state index contributed by atoms with van der Waals surface area (Å²) in [5.41, 5.74) is 0.484. The molecule has 0 saturated carbocycles. The zero-order chi connectivity index (χ0) is 16.0. The van der Waals surface area contributed by atoms with E-state index in [1.54, 1.807) is 6.92 Å². The summed E-state index contributed by atoms with van der Waals surface area (Å²) in [4.78, 5) is 25.4. The smallest absolute Gasteiger partial charge is 0.329 e. The fourth-order valence-corrected chi connectivity index (χ4v) is 1.98. The van der Waals surface area contributed by atoms with Crippen LogP contribution in [-0.4, -0.2) is 24.5 Å². The van der Waals surface area contributed by atoms with E-state index in [2.05, 4.69) is 0 Å². The highest BCUT2D eigenvalue weighted by molar-refractivity contribution is 5.98. The first-order valence-corrected chi connectivity index (χ1v) is 7.08. The number of ether oxygens (including phenoxy) is 1. The molecule has 0 fully saturated rings. The zero-order valence-corrected chi connectivity index (χ0v) is 12.9. The Morgan fingerprint density at radius 3 is 2.24 bits per heavy atom. The van der Waals surface area contributed by atoms with E-state index < -0.39 is 17.8 Å². The number of carbonyl (C=O) groups excluding carboxylic acids is 2. The number of nitrogens with zero attached hydrogens (tertiary/aromatic N) is 1. The average Bonchev–Trinajstić information content (AvgIpc) is 2.43. The molecule has 0 radical (unpaired) electrons. The molecule has 1 atom stereocenters. The molecule has 1 aromatic carbocycles. The predicted octanol–water partition coefficient (Wildman–Crippen LogP) is 3.16. The fraction of sp³-hybridized carbons (Fsp3) is 0.500. The molecule has 1 rings (SSSR count). The standard InChI is InChI=1S/C16H22FNO3/c1-5-15(16(20)21-10-11(2)3)18(12(4)19)14-8-6-13(17)7-9-14/h6-9,11,15H,5,10H2,1-4H3. The lowest BCUT2D eigenvalue weighted by Gasteiger charge is -2.29. The molecule has 0 bridgehead atoms. The van der Waals surface area contributed by atoms with E-state index in [9.17, 15) is 14.0 Å². The molecule has 116 valence electrons. The number of hydrogen-bond donors (Lipinski definition) is 0. The molecule has 0 aliphatic carbocycles. The van der Waals surface area contributed by atoms with Gasteiger partial charge in [0.1, 0.15) is 11.9 Å². The highest BCUT2D eigenvalue weighted by atomic mass is 19.1. The van der Waals surface area contributed by atoms with Crippen molar-refractivity contribution < 1.29 is 18.7 Å². The van der Waals surface area contributed by atoms with Gasteiger partial charge in [-0.3, -0.25) is 9.69 Å². The second kappa shape index (κ2) is 7.76. The van der Waals surface area contributed by atoms with Crippen LogP contribution in [-0.2, 0) is 14.3 Å². The minimum atomic E-state index is -0.702. The number of amides is 1. The number of hydrogen-bond acceptors (Lipinski definition) is 3. The summed E-state index contributed by atoms with van der Waals surface area (Å²) in [6.45, 7) is 7.38. The number of rotatable bonds is 6. The highest BCUT2D eigenvalue weighted by Crippen LogP contribution is 2.20. The van der Waals surface area contributed by atoms with Gasteiger partial charge >= 0.3 is 5.97 Å². The highest BCUT2D eigenvalue weighted by Gasteiger charge is 2.29. The van der Waals surface area contributed by atoms with E-state index >= 15 is 0 Å². The van der Waals surface area contributed by atoms with Crippen LogP contribution in [0, 0.1) is 11.7 Å². The molecule has 0 aliphatic heterocycles. The van der Waals surface area contributed by atoms with Crippen LogP contribution in [0.3, 0.4) is 0 Å². The quantitative estimate of drug-likeness (QED) is 0.757. The Bertz CT molecular complexity index is 485. The lowest BCUT2D eigenvalue weighted by molar-refractivity contribution is -0.147. The monoisotopic (exact) mass is 295 g/mol. The average molecular weight is 295 g/mol. The number of benzene rings is 1. The van der Waals surface area contributed by atoms with Gasteiger partial charge in [0.25, 0.3) is 0 Å². The van der Waals surface area contributed by atoms with Gasteiger partial charge in [-0.05, 0) is 36.6 Å². The van der Waals surface area contributed by atoms with Crippen molar-refractivity contribution in [3.05, 3.63) is 30.1 Å². The van der Waals surface area contributed by atoms with E-state index in [1.807, 2.05) is 13.8 Å². The van der Waals surface area contributed by atoms with Crippen LogP contribution in [0.4, 0.5) is 10.1 Å². The summed E-state index contributed by atoms with van der Waals surface area (Å²) in [6, 6.07) is 4.78. The van der Waals surface area contributed by atoms with Crippen LogP contribution in [0.2, 0.25) is 0 Å². The van der Waals surface area contributed by atoms with Gasteiger partial charge in [-0.2, -0.15) is 0 Å². The van der Waals surface area contributed by atoms with E-state index in [1.165, 1.54) is 36.1 Å². The van der Waals surface area contributed by atoms with Gasteiger partial charge in [0.2, 0.25) is 5.91 Å². The largest absolute Gasteiger partial charge is 0.464 e. The van der Waals surface area contributed by atoms with Crippen molar-refractivity contribution in [3.8, 4) is 0 Å².